The number of aromatic nitrogens is 2. The normalized spacial score (nSPS) is 17.6. The molecule has 4 rings (SSSR count). The van der Waals surface area contributed by atoms with E-state index in [2.05, 4.69) is 53.4 Å². The summed E-state index contributed by atoms with van der Waals surface area (Å²) in [5.41, 5.74) is 6.33. The van der Waals surface area contributed by atoms with Crippen LogP contribution in [0.1, 0.15) is 58.3 Å². The van der Waals surface area contributed by atoms with Gasteiger partial charge in [-0.15, -0.1) is 0 Å². The van der Waals surface area contributed by atoms with Gasteiger partial charge in [-0.2, -0.15) is 16.8 Å². The second kappa shape index (κ2) is 16.3. The lowest BCUT2D eigenvalue weighted by Crippen LogP contribution is -2.30. The average molecular weight is 698 g/mol. The molecule has 2 aliphatic rings. The highest BCUT2D eigenvalue weighted by Crippen LogP contribution is 2.32. The molecule has 1 fully saturated rings. The number of hydrogen-bond donors (Lipinski definition) is 3. The second-order valence-corrected chi connectivity index (χ2v) is 15.5. The third kappa shape index (κ3) is 11.8. The molecule has 0 bridgehead atoms. The molecule has 47 heavy (non-hydrogen) atoms. The first-order valence-electron chi connectivity index (χ1n) is 15.5. The Morgan fingerprint density at radius 2 is 1.72 bits per heavy atom. The molecule has 13 nitrogen and oxygen atoms in total. The van der Waals surface area contributed by atoms with Gasteiger partial charge in [0.25, 0.3) is 20.2 Å². The Hall–Kier alpha value is -3.08. The number of esters is 1. The van der Waals surface area contributed by atoms with Gasteiger partial charge in [-0.3, -0.25) is 13.9 Å². The van der Waals surface area contributed by atoms with Gasteiger partial charge in [0.1, 0.15) is 5.82 Å². The van der Waals surface area contributed by atoms with E-state index in [-0.39, 0.29) is 12.1 Å². The summed E-state index contributed by atoms with van der Waals surface area (Å²) in [5, 5.41) is 10.2. The average Bonchev–Trinajstić information content (AvgIpc) is 3.31. The highest BCUT2D eigenvalue weighted by Gasteiger charge is 2.26. The van der Waals surface area contributed by atoms with Gasteiger partial charge in [0.15, 0.2) is 0 Å². The quantitative estimate of drug-likeness (QED) is 0.215. The summed E-state index contributed by atoms with van der Waals surface area (Å²) in [7, 11) is -6.57. The van der Waals surface area contributed by atoms with Crippen LogP contribution in [0.15, 0.2) is 48.3 Å². The first-order valence-corrected chi connectivity index (χ1v) is 18.7. The Bertz CT molecular complexity index is 1670. The highest BCUT2D eigenvalue weighted by molar-refractivity contribution is 7.89. The minimum atomic E-state index is -4.30. The maximum Gasteiger partial charge on any atom is 0.311 e. The van der Waals surface area contributed by atoms with Crippen LogP contribution in [0.3, 0.4) is 0 Å². The van der Waals surface area contributed by atoms with Gasteiger partial charge in [-0.05, 0) is 88.6 Å². The monoisotopic (exact) mass is 697 g/mol. The van der Waals surface area contributed by atoms with Crippen LogP contribution in [0, 0.1) is 11.8 Å². The van der Waals surface area contributed by atoms with E-state index in [4.69, 9.17) is 23.6 Å². The summed E-state index contributed by atoms with van der Waals surface area (Å²) in [6.07, 6.45) is 6.58. The maximum absolute atomic E-state index is 12.5. The lowest BCUT2D eigenvalue weighted by Gasteiger charge is -2.26. The van der Waals surface area contributed by atoms with E-state index in [1.165, 1.54) is 0 Å². The number of fused-ring (bicyclic) bond motifs is 1. The third-order valence-electron chi connectivity index (χ3n) is 8.02. The first-order chi connectivity index (χ1) is 21.8. The Morgan fingerprint density at radius 1 is 1.11 bits per heavy atom. The Balaban J connectivity index is 0.000000520. The van der Waals surface area contributed by atoms with E-state index >= 15 is 0 Å². The molecule has 15 heteroatoms. The molecule has 2 aromatic rings. The van der Waals surface area contributed by atoms with E-state index in [0.29, 0.717) is 18.8 Å². The molecule has 0 radical (unpaired) electrons. The number of aryl methyl sites for hydroxylation is 1. The number of hydrogen-bond acceptors (Lipinski definition) is 10. The van der Waals surface area contributed by atoms with Crippen LogP contribution >= 0.6 is 0 Å². The zero-order chi connectivity index (χ0) is 35.1. The van der Waals surface area contributed by atoms with Gasteiger partial charge < -0.3 is 24.0 Å². The fraction of sp³-hybridized carbons (Fsp3) is 0.562. The number of carbonyl (C=O) groups is 1. The SMILES string of the molecule is C=C1C(C)=CC(c2nc3cc(CC[C@H](C(=O)OC(C)C)[C@@H](C)O)ccc3n2CC2CCOCC2)=CN1C.O=S(=O)(O)CCS(=O)(=O)O. The van der Waals surface area contributed by atoms with Crippen LogP contribution in [0.4, 0.5) is 0 Å². The molecule has 1 aromatic carbocycles. The van der Waals surface area contributed by atoms with Gasteiger partial charge in [0.2, 0.25) is 0 Å². The fourth-order valence-corrected chi connectivity index (χ4v) is 7.06. The van der Waals surface area contributed by atoms with E-state index in [9.17, 15) is 26.7 Å². The zero-order valence-electron chi connectivity index (χ0n) is 27.6. The van der Waals surface area contributed by atoms with Gasteiger partial charge in [0.05, 0.1) is 40.7 Å². The van der Waals surface area contributed by atoms with Crippen molar-refractivity contribution >= 4 is 42.8 Å². The number of rotatable bonds is 12. The molecule has 1 aromatic heterocycles. The Kier molecular flexibility index (Phi) is 13.3. The third-order valence-corrected chi connectivity index (χ3v) is 9.72. The zero-order valence-corrected chi connectivity index (χ0v) is 29.3. The Morgan fingerprint density at radius 3 is 2.26 bits per heavy atom. The molecule has 2 atom stereocenters. The number of carbonyl (C=O) groups excluding carboxylic acids is 1. The van der Waals surface area contributed by atoms with Crippen molar-refractivity contribution in [3.05, 3.63) is 59.7 Å². The Labute approximate surface area is 277 Å². The number of likely N-dealkylation sites (N-methyl/N-ethyl adjacent to an activating group) is 1. The molecule has 0 amide bonds. The molecule has 3 N–H and O–H groups in total. The summed E-state index contributed by atoms with van der Waals surface area (Å²) in [4.78, 5) is 19.7. The van der Waals surface area contributed by atoms with Crippen LogP contribution in [0.25, 0.3) is 16.6 Å². The lowest BCUT2D eigenvalue weighted by atomic mass is 9.95. The lowest BCUT2D eigenvalue weighted by molar-refractivity contribution is -0.156. The number of aliphatic hydroxyl groups is 1. The topological polar surface area (TPSA) is 186 Å². The largest absolute Gasteiger partial charge is 0.463 e. The summed E-state index contributed by atoms with van der Waals surface area (Å²) in [6, 6.07) is 6.38. The van der Waals surface area contributed by atoms with Crippen molar-refractivity contribution in [1.82, 2.24) is 14.5 Å². The summed E-state index contributed by atoms with van der Waals surface area (Å²) in [5.74, 6) is -1.35. The molecule has 0 unspecified atom stereocenters. The van der Waals surface area contributed by atoms with Gasteiger partial charge in [-0.1, -0.05) is 12.6 Å². The highest BCUT2D eigenvalue weighted by atomic mass is 32.2. The molecular weight excluding hydrogens is 650 g/mol. The minimum Gasteiger partial charge on any atom is -0.463 e. The van der Waals surface area contributed by atoms with Crippen LogP contribution in [-0.2, 0) is 47.5 Å². The molecule has 0 aliphatic carbocycles. The second-order valence-electron chi connectivity index (χ2n) is 12.3. The minimum absolute atomic E-state index is 0.203. The standard InChI is InChI=1S/C30H41N3O4.C2H6O6S2/c1-19(2)37-30(35)26(22(5)34)9-7-23-8-10-28-27(16-23)31-29(25-15-20(3)21(4)32(6)18-25)33(28)17-24-11-13-36-14-12-24;3-9(4,5)1-2-10(6,7)8/h8,10,15-16,18-19,22,24,26,34H,4,7,9,11-14,17H2,1-3,5-6H3;1-2H2,(H,3,4,5)(H,6,7,8)/t22-,26+;/m1./s1. The van der Waals surface area contributed by atoms with Crippen molar-refractivity contribution in [3.63, 3.8) is 0 Å². The van der Waals surface area contributed by atoms with Gasteiger partial charge in [-0.25, -0.2) is 4.98 Å². The molecule has 1 saturated heterocycles. The van der Waals surface area contributed by atoms with Crippen molar-refractivity contribution in [2.75, 3.05) is 31.8 Å². The predicted octanol–water partition coefficient (Wildman–Crippen LogP) is 3.85. The predicted molar refractivity (Wildman–Crippen MR) is 179 cm³/mol. The molecule has 2 aliphatic heterocycles. The van der Waals surface area contributed by atoms with Crippen molar-refractivity contribution in [1.29, 1.82) is 0 Å². The van der Waals surface area contributed by atoms with Crippen molar-refractivity contribution in [2.45, 2.75) is 72.1 Å². The van der Waals surface area contributed by atoms with Gasteiger partial charge >= 0.3 is 5.97 Å². The number of benzene rings is 1. The van der Waals surface area contributed by atoms with Crippen molar-refractivity contribution < 1.29 is 45.3 Å². The fourth-order valence-electron chi connectivity index (χ4n) is 5.37. The van der Waals surface area contributed by atoms with E-state index in [0.717, 1.165) is 71.9 Å². The first kappa shape index (κ1) is 38.4. The van der Waals surface area contributed by atoms with Crippen LogP contribution in [-0.4, -0.2) is 95.4 Å². The number of nitrogens with zero attached hydrogens (tertiary/aromatic N) is 3. The molecular formula is C32H47N3O10S2. The number of allylic oxidation sites excluding steroid dienone is 3. The van der Waals surface area contributed by atoms with Crippen molar-refractivity contribution in [3.8, 4) is 0 Å². The number of aliphatic hydroxyl groups excluding tert-OH is 1. The number of ether oxygens (including phenoxy) is 2. The molecule has 3 heterocycles. The van der Waals surface area contributed by atoms with E-state index < -0.39 is 43.8 Å². The van der Waals surface area contributed by atoms with Crippen LogP contribution in [0.5, 0.6) is 0 Å². The van der Waals surface area contributed by atoms with Gasteiger partial charge in [0, 0.05) is 44.3 Å². The van der Waals surface area contributed by atoms with Crippen molar-refractivity contribution in [2.24, 2.45) is 11.8 Å². The van der Waals surface area contributed by atoms with Crippen LogP contribution < -0.4 is 0 Å². The molecule has 262 valence electrons. The number of imidazole rings is 1. The molecule has 0 saturated carbocycles. The van der Waals surface area contributed by atoms with E-state index in [1.54, 1.807) is 6.92 Å². The van der Waals surface area contributed by atoms with Crippen LogP contribution in [0.2, 0.25) is 0 Å². The smallest absolute Gasteiger partial charge is 0.311 e. The maximum atomic E-state index is 12.5. The summed E-state index contributed by atoms with van der Waals surface area (Å²) in [6.45, 7) is 14.1. The summed E-state index contributed by atoms with van der Waals surface area (Å²) >= 11 is 0. The summed E-state index contributed by atoms with van der Waals surface area (Å²) < 4.78 is 68.7. The van der Waals surface area contributed by atoms with E-state index in [1.807, 2.05) is 20.9 Å². The molecule has 0 spiro atoms.